The second kappa shape index (κ2) is 6.47. The monoisotopic (exact) mass is 352 g/mol. The minimum atomic E-state index is -1.01. The smallest absolute Gasteiger partial charge is 0.338 e. The van der Waals surface area contributed by atoms with E-state index in [1.807, 2.05) is 4.90 Å². The van der Waals surface area contributed by atoms with E-state index < -0.39 is 23.6 Å². The van der Waals surface area contributed by atoms with Crippen LogP contribution in [0.1, 0.15) is 38.3 Å². The summed E-state index contributed by atoms with van der Waals surface area (Å²) in [6, 6.07) is 2.82. The van der Waals surface area contributed by atoms with Gasteiger partial charge in [0, 0.05) is 11.7 Å². The highest BCUT2D eigenvalue weighted by Crippen LogP contribution is 2.39. The lowest BCUT2D eigenvalue weighted by molar-refractivity contribution is -0.139. The Bertz CT molecular complexity index is 711. The first-order valence-electron chi connectivity index (χ1n) is 7.87. The molecule has 128 valence electrons. The molecular formula is C17H18F2N2O2S. The van der Waals surface area contributed by atoms with E-state index in [-0.39, 0.29) is 23.8 Å². The fourth-order valence-electron chi connectivity index (χ4n) is 3.01. The molecule has 7 heteroatoms. The van der Waals surface area contributed by atoms with Gasteiger partial charge >= 0.3 is 5.97 Å². The minimum Gasteiger partial charge on any atom is -0.463 e. The number of carbonyl (C=O) groups excluding carboxylic acids is 1. The molecule has 0 unspecified atom stereocenters. The zero-order valence-electron chi connectivity index (χ0n) is 13.4. The van der Waals surface area contributed by atoms with Gasteiger partial charge in [-0.25, -0.2) is 13.6 Å². The van der Waals surface area contributed by atoms with Crippen LogP contribution >= 0.6 is 12.2 Å². The Hall–Kier alpha value is -2.02. The second-order valence-electron chi connectivity index (χ2n) is 5.84. The van der Waals surface area contributed by atoms with Crippen LogP contribution in [0.4, 0.5) is 8.78 Å². The molecule has 1 N–H and O–H groups in total. The lowest BCUT2D eigenvalue weighted by Gasteiger charge is -2.37. The molecule has 4 nitrogen and oxygen atoms in total. The molecule has 3 rings (SSSR count). The third-order valence-corrected chi connectivity index (χ3v) is 4.54. The summed E-state index contributed by atoms with van der Waals surface area (Å²) in [5, 5.41) is 3.30. The topological polar surface area (TPSA) is 41.6 Å². The number of esters is 1. The van der Waals surface area contributed by atoms with Crippen LogP contribution in [0.3, 0.4) is 0 Å². The molecule has 0 spiro atoms. The number of ether oxygens (including phenoxy) is 1. The average molecular weight is 352 g/mol. The number of hydrogen-bond acceptors (Lipinski definition) is 3. The highest BCUT2D eigenvalue weighted by molar-refractivity contribution is 7.80. The number of carbonyl (C=O) groups is 1. The fourth-order valence-corrected chi connectivity index (χ4v) is 3.41. The van der Waals surface area contributed by atoms with Gasteiger partial charge in [0.15, 0.2) is 5.11 Å². The van der Waals surface area contributed by atoms with E-state index in [0.717, 1.165) is 25.0 Å². The Morgan fingerprint density at radius 2 is 2.00 bits per heavy atom. The van der Waals surface area contributed by atoms with Crippen LogP contribution in [-0.2, 0) is 9.53 Å². The highest BCUT2D eigenvalue weighted by Gasteiger charge is 2.42. The molecule has 1 atom stereocenters. The van der Waals surface area contributed by atoms with Gasteiger partial charge in [-0.1, -0.05) is 6.07 Å². The quantitative estimate of drug-likeness (QED) is 0.666. The third-order valence-electron chi connectivity index (χ3n) is 4.22. The van der Waals surface area contributed by atoms with Gasteiger partial charge in [-0.05, 0) is 51.0 Å². The first-order chi connectivity index (χ1) is 11.5. The molecule has 0 radical (unpaired) electrons. The number of thiocarbonyl (C=S) groups is 1. The number of hydrogen-bond donors (Lipinski definition) is 1. The SMILES string of the molecule is CCOC(=O)C1=C(C)N(C2CC2)C(=S)N[C@H]1c1c(F)cccc1F. The van der Waals surface area contributed by atoms with E-state index in [0.29, 0.717) is 10.8 Å². The van der Waals surface area contributed by atoms with Gasteiger partial charge in [0.2, 0.25) is 0 Å². The number of benzene rings is 1. The molecule has 1 heterocycles. The molecule has 1 fully saturated rings. The second-order valence-corrected chi connectivity index (χ2v) is 6.23. The van der Waals surface area contributed by atoms with Crippen molar-refractivity contribution in [3.05, 3.63) is 46.7 Å². The Balaban J connectivity index is 2.13. The van der Waals surface area contributed by atoms with Gasteiger partial charge in [0.25, 0.3) is 0 Å². The van der Waals surface area contributed by atoms with Crippen LogP contribution in [0.25, 0.3) is 0 Å². The summed E-state index contributed by atoms with van der Waals surface area (Å²) in [6.07, 6.45) is 1.93. The number of allylic oxidation sites excluding steroid dienone is 1. The van der Waals surface area contributed by atoms with Crippen molar-refractivity contribution in [2.24, 2.45) is 0 Å². The summed E-state index contributed by atoms with van der Waals surface area (Å²) in [4.78, 5) is 14.3. The molecule has 1 aromatic carbocycles. The number of halogens is 2. The first-order valence-corrected chi connectivity index (χ1v) is 8.28. The predicted octanol–water partition coefficient (Wildman–Crippen LogP) is 3.20. The number of nitrogens with one attached hydrogen (secondary N) is 1. The van der Waals surface area contributed by atoms with E-state index in [1.54, 1.807) is 13.8 Å². The summed E-state index contributed by atoms with van der Waals surface area (Å²) in [5.41, 5.74) is 0.561. The summed E-state index contributed by atoms with van der Waals surface area (Å²) in [6.45, 7) is 3.60. The maximum atomic E-state index is 14.3. The Kier molecular flexibility index (Phi) is 4.54. The maximum Gasteiger partial charge on any atom is 0.338 e. The van der Waals surface area contributed by atoms with Crippen LogP contribution in [0.5, 0.6) is 0 Å². The molecule has 1 aliphatic carbocycles. The van der Waals surface area contributed by atoms with E-state index >= 15 is 0 Å². The third kappa shape index (κ3) is 2.88. The van der Waals surface area contributed by atoms with Gasteiger partial charge in [-0.2, -0.15) is 0 Å². The van der Waals surface area contributed by atoms with Crippen LogP contribution in [0, 0.1) is 11.6 Å². The van der Waals surface area contributed by atoms with Gasteiger partial charge < -0.3 is 15.0 Å². The van der Waals surface area contributed by atoms with Crippen molar-refractivity contribution in [1.82, 2.24) is 10.2 Å². The van der Waals surface area contributed by atoms with E-state index in [1.165, 1.54) is 6.07 Å². The van der Waals surface area contributed by atoms with Gasteiger partial charge in [-0.15, -0.1) is 0 Å². The van der Waals surface area contributed by atoms with Crippen LogP contribution in [0.15, 0.2) is 29.5 Å². The molecular weight excluding hydrogens is 334 g/mol. The fraction of sp³-hybridized carbons (Fsp3) is 0.412. The van der Waals surface area contributed by atoms with Crippen molar-refractivity contribution in [2.75, 3.05) is 6.61 Å². The zero-order chi connectivity index (χ0) is 17.4. The minimum absolute atomic E-state index is 0.177. The molecule has 0 saturated heterocycles. The summed E-state index contributed by atoms with van der Waals surface area (Å²) < 4.78 is 33.7. The van der Waals surface area contributed by atoms with Crippen LogP contribution in [0.2, 0.25) is 0 Å². The van der Waals surface area contributed by atoms with Crippen LogP contribution in [-0.4, -0.2) is 28.6 Å². The Labute approximate surface area is 144 Å². The number of nitrogens with zero attached hydrogens (tertiary/aromatic N) is 1. The van der Waals surface area contributed by atoms with Crippen LogP contribution < -0.4 is 5.32 Å². The normalized spacial score (nSPS) is 20.9. The van der Waals surface area contributed by atoms with Gasteiger partial charge in [0.1, 0.15) is 11.6 Å². The standard InChI is InChI=1S/C17H18F2N2O2S/c1-3-23-16(22)13-9(2)21(10-7-8-10)17(24)20-15(13)14-11(18)5-4-6-12(14)19/h4-6,10,15H,3,7-8H2,1-2H3,(H,20,24)/t15-/m1/s1. The molecule has 0 aromatic heterocycles. The van der Waals surface area contributed by atoms with Crippen molar-refractivity contribution in [3.8, 4) is 0 Å². The van der Waals surface area contributed by atoms with Crippen molar-refractivity contribution >= 4 is 23.3 Å². The van der Waals surface area contributed by atoms with Crippen molar-refractivity contribution in [3.63, 3.8) is 0 Å². The molecule has 1 saturated carbocycles. The van der Waals surface area contributed by atoms with Crippen molar-refractivity contribution in [1.29, 1.82) is 0 Å². The Morgan fingerprint density at radius 1 is 1.38 bits per heavy atom. The van der Waals surface area contributed by atoms with Crippen molar-refractivity contribution in [2.45, 2.75) is 38.8 Å². The van der Waals surface area contributed by atoms with E-state index in [2.05, 4.69) is 5.32 Å². The summed E-state index contributed by atoms with van der Waals surface area (Å²) in [5.74, 6) is -2.06. The predicted molar refractivity (Wildman–Crippen MR) is 89.0 cm³/mol. The zero-order valence-corrected chi connectivity index (χ0v) is 14.3. The highest BCUT2D eigenvalue weighted by atomic mass is 32.1. The van der Waals surface area contributed by atoms with E-state index in [4.69, 9.17) is 17.0 Å². The molecule has 0 bridgehead atoms. The molecule has 2 aliphatic rings. The summed E-state index contributed by atoms with van der Waals surface area (Å²) >= 11 is 5.37. The van der Waals surface area contributed by atoms with Crippen molar-refractivity contribution < 1.29 is 18.3 Å². The lowest BCUT2D eigenvalue weighted by Crippen LogP contribution is -2.49. The van der Waals surface area contributed by atoms with Gasteiger partial charge in [-0.3, -0.25) is 0 Å². The maximum absolute atomic E-state index is 14.3. The summed E-state index contributed by atoms with van der Waals surface area (Å²) in [7, 11) is 0. The van der Waals surface area contributed by atoms with Gasteiger partial charge in [0.05, 0.1) is 23.8 Å². The Morgan fingerprint density at radius 3 is 2.54 bits per heavy atom. The molecule has 0 amide bonds. The lowest BCUT2D eigenvalue weighted by atomic mass is 9.94. The first kappa shape index (κ1) is 16.8. The molecule has 1 aromatic rings. The average Bonchev–Trinajstić information content (AvgIpc) is 3.31. The largest absolute Gasteiger partial charge is 0.463 e. The molecule has 1 aliphatic heterocycles. The molecule has 24 heavy (non-hydrogen) atoms. The number of rotatable bonds is 4. The van der Waals surface area contributed by atoms with E-state index in [9.17, 15) is 13.6 Å².